The van der Waals surface area contributed by atoms with Crippen LogP contribution in [0.15, 0.2) is 47.1 Å². The van der Waals surface area contributed by atoms with E-state index < -0.39 is 11.6 Å². The molecule has 138 valence electrons. The van der Waals surface area contributed by atoms with E-state index in [1.807, 2.05) is 6.07 Å². The first-order valence-corrected chi connectivity index (χ1v) is 8.61. The van der Waals surface area contributed by atoms with E-state index in [9.17, 15) is 13.6 Å². The average molecular weight is 370 g/mol. The number of pyridine rings is 1. The Labute approximate surface area is 153 Å². The number of likely N-dealkylation sites (tertiary alicyclic amines) is 1. The molecule has 0 saturated carbocycles. The van der Waals surface area contributed by atoms with Crippen molar-refractivity contribution in [2.24, 2.45) is 0 Å². The molecular weight excluding hydrogens is 354 g/mol. The maximum Gasteiger partial charge on any atom is 0.253 e. The van der Waals surface area contributed by atoms with Gasteiger partial charge in [0.1, 0.15) is 5.69 Å². The van der Waals surface area contributed by atoms with Crippen LogP contribution in [0, 0.1) is 11.6 Å². The van der Waals surface area contributed by atoms with E-state index in [0.717, 1.165) is 25.0 Å². The van der Waals surface area contributed by atoms with E-state index >= 15 is 0 Å². The number of amides is 1. The monoisotopic (exact) mass is 370 g/mol. The third kappa shape index (κ3) is 3.55. The average Bonchev–Trinajstić information content (AvgIpc) is 3.21. The van der Waals surface area contributed by atoms with Gasteiger partial charge in [-0.2, -0.15) is 4.98 Å². The number of carbonyl (C=O) groups is 1. The summed E-state index contributed by atoms with van der Waals surface area (Å²) < 4.78 is 31.9. The maximum absolute atomic E-state index is 13.4. The highest BCUT2D eigenvalue weighted by atomic mass is 19.2. The van der Waals surface area contributed by atoms with E-state index in [2.05, 4.69) is 15.1 Å². The molecule has 2 aromatic heterocycles. The van der Waals surface area contributed by atoms with Crippen molar-refractivity contribution < 1.29 is 18.1 Å². The van der Waals surface area contributed by atoms with Crippen molar-refractivity contribution in [2.45, 2.75) is 18.8 Å². The van der Waals surface area contributed by atoms with Crippen molar-refractivity contribution in [1.82, 2.24) is 20.0 Å². The lowest BCUT2D eigenvalue weighted by Crippen LogP contribution is -2.39. The summed E-state index contributed by atoms with van der Waals surface area (Å²) in [4.78, 5) is 22.8. The second-order valence-corrected chi connectivity index (χ2v) is 6.39. The number of benzene rings is 1. The van der Waals surface area contributed by atoms with E-state index in [1.165, 1.54) is 6.07 Å². The van der Waals surface area contributed by atoms with Crippen LogP contribution in [0.25, 0.3) is 11.5 Å². The fraction of sp³-hybridized carbons (Fsp3) is 0.263. The fourth-order valence-corrected chi connectivity index (χ4v) is 3.18. The molecule has 1 saturated heterocycles. The van der Waals surface area contributed by atoms with Gasteiger partial charge in [0.05, 0.1) is 5.92 Å². The van der Waals surface area contributed by atoms with Crippen LogP contribution in [0.5, 0.6) is 0 Å². The molecule has 6 nitrogen and oxygen atoms in total. The first-order valence-electron chi connectivity index (χ1n) is 8.61. The zero-order valence-electron chi connectivity index (χ0n) is 14.3. The molecule has 0 radical (unpaired) electrons. The predicted molar refractivity (Wildman–Crippen MR) is 91.8 cm³/mol. The Morgan fingerprint density at radius 3 is 2.85 bits per heavy atom. The van der Waals surface area contributed by atoms with E-state index in [0.29, 0.717) is 30.5 Å². The minimum absolute atomic E-state index is 0.113. The largest absolute Gasteiger partial charge is 0.339 e. The molecule has 1 unspecified atom stereocenters. The van der Waals surface area contributed by atoms with Gasteiger partial charge in [-0.3, -0.25) is 9.78 Å². The van der Waals surface area contributed by atoms with Crippen LogP contribution in [0.3, 0.4) is 0 Å². The van der Waals surface area contributed by atoms with Crippen LogP contribution in [0.1, 0.15) is 35.0 Å². The van der Waals surface area contributed by atoms with Crippen molar-refractivity contribution in [3.8, 4) is 11.5 Å². The number of nitrogens with zero attached hydrogens (tertiary/aromatic N) is 4. The summed E-state index contributed by atoms with van der Waals surface area (Å²) in [6, 6.07) is 8.59. The minimum Gasteiger partial charge on any atom is -0.339 e. The van der Waals surface area contributed by atoms with Gasteiger partial charge in [-0.15, -0.1) is 0 Å². The molecule has 1 fully saturated rings. The van der Waals surface area contributed by atoms with Crippen LogP contribution < -0.4 is 0 Å². The Morgan fingerprint density at radius 1 is 1.19 bits per heavy atom. The number of hydrogen-bond acceptors (Lipinski definition) is 5. The Balaban J connectivity index is 1.50. The highest BCUT2D eigenvalue weighted by Crippen LogP contribution is 2.28. The van der Waals surface area contributed by atoms with Crippen molar-refractivity contribution in [2.75, 3.05) is 13.1 Å². The lowest BCUT2D eigenvalue weighted by Gasteiger charge is -2.31. The molecule has 3 aromatic rings. The fourth-order valence-electron chi connectivity index (χ4n) is 3.18. The topological polar surface area (TPSA) is 72.1 Å². The van der Waals surface area contributed by atoms with Crippen molar-refractivity contribution in [3.63, 3.8) is 0 Å². The van der Waals surface area contributed by atoms with Crippen LogP contribution >= 0.6 is 0 Å². The third-order valence-electron chi connectivity index (χ3n) is 4.56. The van der Waals surface area contributed by atoms with Gasteiger partial charge < -0.3 is 9.42 Å². The van der Waals surface area contributed by atoms with Gasteiger partial charge >= 0.3 is 0 Å². The summed E-state index contributed by atoms with van der Waals surface area (Å²) in [7, 11) is 0. The van der Waals surface area contributed by atoms with E-state index in [4.69, 9.17) is 4.52 Å². The standard InChI is InChI=1S/C19H16F2N4O2/c20-14-7-6-12(10-15(14)21)19(26)25-9-3-4-13(11-25)18-23-17(24-27-18)16-5-1-2-8-22-16/h1-2,5-8,10,13H,3-4,9,11H2. The van der Waals surface area contributed by atoms with Crippen molar-refractivity contribution >= 4 is 5.91 Å². The number of halogens is 2. The summed E-state index contributed by atoms with van der Waals surface area (Å²) in [6.07, 6.45) is 3.20. The molecule has 1 atom stereocenters. The van der Waals surface area contributed by atoms with Crippen molar-refractivity contribution in [3.05, 3.63) is 65.7 Å². The zero-order valence-corrected chi connectivity index (χ0v) is 14.3. The predicted octanol–water partition coefficient (Wildman–Crippen LogP) is 3.43. The number of rotatable bonds is 3. The SMILES string of the molecule is O=C(c1ccc(F)c(F)c1)N1CCCC(c2nc(-c3ccccn3)no2)C1. The summed E-state index contributed by atoms with van der Waals surface area (Å²) in [5, 5.41) is 3.97. The van der Waals surface area contributed by atoms with E-state index in [-0.39, 0.29) is 17.4 Å². The summed E-state index contributed by atoms with van der Waals surface area (Å²) in [6.45, 7) is 0.914. The third-order valence-corrected chi connectivity index (χ3v) is 4.56. The second-order valence-electron chi connectivity index (χ2n) is 6.39. The molecule has 0 spiro atoms. The summed E-state index contributed by atoms with van der Waals surface area (Å²) >= 11 is 0. The van der Waals surface area contributed by atoms with Crippen LogP contribution in [-0.4, -0.2) is 39.0 Å². The lowest BCUT2D eigenvalue weighted by molar-refractivity contribution is 0.0695. The Kier molecular flexibility index (Phi) is 4.62. The molecule has 1 aromatic carbocycles. The molecule has 3 heterocycles. The van der Waals surface area contributed by atoms with Gasteiger partial charge in [0.25, 0.3) is 5.91 Å². The van der Waals surface area contributed by atoms with Crippen LogP contribution in [0.2, 0.25) is 0 Å². The quantitative estimate of drug-likeness (QED) is 0.706. The normalized spacial score (nSPS) is 17.1. The first-order chi connectivity index (χ1) is 13.1. The van der Waals surface area contributed by atoms with Gasteiger partial charge in [-0.25, -0.2) is 8.78 Å². The maximum atomic E-state index is 13.4. The van der Waals surface area contributed by atoms with Gasteiger partial charge in [0, 0.05) is 24.8 Å². The smallest absolute Gasteiger partial charge is 0.253 e. The first kappa shape index (κ1) is 17.3. The van der Waals surface area contributed by atoms with Gasteiger partial charge in [0.2, 0.25) is 11.7 Å². The number of piperidine rings is 1. The highest BCUT2D eigenvalue weighted by molar-refractivity contribution is 5.94. The summed E-state index contributed by atoms with van der Waals surface area (Å²) in [5.74, 6) is -1.63. The molecule has 0 bridgehead atoms. The number of carbonyl (C=O) groups excluding carboxylic acids is 1. The van der Waals surface area contributed by atoms with Gasteiger partial charge in [-0.05, 0) is 43.2 Å². The van der Waals surface area contributed by atoms with Gasteiger partial charge in [-0.1, -0.05) is 11.2 Å². The molecular formula is C19H16F2N4O2. The molecule has 1 amide bonds. The molecule has 4 rings (SSSR count). The van der Waals surface area contributed by atoms with Gasteiger partial charge in [0.15, 0.2) is 11.6 Å². The molecule has 1 aliphatic heterocycles. The zero-order chi connectivity index (χ0) is 18.8. The minimum atomic E-state index is -1.04. The number of aromatic nitrogens is 3. The lowest BCUT2D eigenvalue weighted by atomic mass is 9.97. The highest BCUT2D eigenvalue weighted by Gasteiger charge is 2.29. The molecule has 8 heteroatoms. The molecule has 0 aliphatic carbocycles. The number of hydrogen-bond donors (Lipinski definition) is 0. The molecule has 1 aliphatic rings. The van der Waals surface area contributed by atoms with Crippen molar-refractivity contribution in [1.29, 1.82) is 0 Å². The second kappa shape index (κ2) is 7.22. The van der Waals surface area contributed by atoms with Crippen LogP contribution in [0.4, 0.5) is 8.78 Å². The Hall–Kier alpha value is -3.16. The van der Waals surface area contributed by atoms with Crippen LogP contribution in [-0.2, 0) is 0 Å². The Morgan fingerprint density at radius 2 is 2.07 bits per heavy atom. The van der Waals surface area contributed by atoms with E-state index in [1.54, 1.807) is 23.2 Å². The summed E-state index contributed by atoms with van der Waals surface area (Å²) in [5.41, 5.74) is 0.729. The molecule has 0 N–H and O–H groups in total. The Bertz CT molecular complexity index is 961. The molecule has 27 heavy (non-hydrogen) atoms.